The summed E-state index contributed by atoms with van der Waals surface area (Å²) >= 11 is 0. The molecule has 0 amide bonds. The topological polar surface area (TPSA) is 114 Å². The molecule has 0 aliphatic carbocycles. The third kappa shape index (κ3) is 7.08. The highest BCUT2D eigenvalue weighted by atomic mass is 16.5. The molecule has 37 heavy (non-hydrogen) atoms. The molecule has 2 heterocycles. The van der Waals surface area contributed by atoms with Gasteiger partial charge >= 0.3 is 0 Å². The Hall–Kier alpha value is -4.85. The van der Waals surface area contributed by atoms with Gasteiger partial charge < -0.3 is 20.5 Å². The summed E-state index contributed by atoms with van der Waals surface area (Å²) < 4.78 is 6.00. The third-order valence-electron chi connectivity index (χ3n) is 5.80. The van der Waals surface area contributed by atoms with E-state index in [2.05, 4.69) is 27.8 Å². The Morgan fingerprint density at radius 2 is 1.70 bits per heavy atom. The van der Waals surface area contributed by atoms with E-state index in [0.717, 1.165) is 24.2 Å². The minimum atomic E-state index is -0.0462. The molecule has 5 rings (SSSR count). The number of pyridine rings is 1. The number of fused-ring (bicyclic) bond motifs is 1. The van der Waals surface area contributed by atoms with Gasteiger partial charge in [0.15, 0.2) is 0 Å². The van der Waals surface area contributed by atoms with Crippen LogP contribution in [-0.2, 0) is 6.42 Å². The van der Waals surface area contributed by atoms with E-state index in [1.165, 1.54) is 11.6 Å². The summed E-state index contributed by atoms with van der Waals surface area (Å²) in [4.78, 5) is 4.43. The maximum Gasteiger partial charge on any atom is 0.237 e. The second-order valence-corrected chi connectivity index (χ2v) is 8.46. The number of aromatic nitrogens is 1. The van der Waals surface area contributed by atoms with Gasteiger partial charge in [-0.3, -0.25) is 0 Å². The first-order chi connectivity index (χ1) is 18.2. The number of phenols is 1. The molecule has 1 atom stereocenters. The van der Waals surface area contributed by atoms with E-state index in [0.29, 0.717) is 35.7 Å². The lowest BCUT2D eigenvalue weighted by Crippen LogP contribution is -2.40. The smallest absolute Gasteiger partial charge is 0.237 e. The molecule has 0 saturated heterocycles. The first kappa shape index (κ1) is 25.2. The number of nitrogens with one attached hydrogen (secondary N) is 2. The number of ether oxygens (including phenoxy) is 1. The lowest BCUT2D eigenvalue weighted by Gasteiger charge is -2.27. The molecule has 0 radical (unpaired) electrons. The van der Waals surface area contributed by atoms with E-state index in [1.54, 1.807) is 18.3 Å². The Balaban J connectivity index is 0.000000469. The first-order valence-electron chi connectivity index (χ1n) is 12.0. The summed E-state index contributed by atoms with van der Waals surface area (Å²) in [6.07, 6.45) is 2.50. The molecule has 0 unspecified atom stereocenters. The largest absolute Gasteiger partial charge is 0.508 e. The summed E-state index contributed by atoms with van der Waals surface area (Å²) in [6, 6.07) is 30.5. The number of anilines is 1. The molecule has 3 N–H and O–H groups in total. The van der Waals surface area contributed by atoms with E-state index in [9.17, 15) is 10.4 Å². The van der Waals surface area contributed by atoms with Gasteiger partial charge in [0.25, 0.3) is 0 Å². The number of benzene rings is 3. The van der Waals surface area contributed by atoms with Crippen molar-refractivity contribution in [2.24, 2.45) is 0 Å². The van der Waals surface area contributed by atoms with Crippen molar-refractivity contribution in [2.45, 2.75) is 12.5 Å². The molecular weight excluding hydrogens is 462 g/mol. The highest BCUT2D eigenvalue weighted by molar-refractivity contribution is 5.75. The number of hydrogen-bond acceptors (Lipinski definition) is 7. The van der Waals surface area contributed by atoms with Crippen LogP contribution in [0.1, 0.15) is 16.7 Å². The van der Waals surface area contributed by atoms with Crippen molar-refractivity contribution in [2.75, 3.05) is 25.0 Å². The van der Waals surface area contributed by atoms with Gasteiger partial charge in [-0.25, -0.2) is 4.98 Å². The highest BCUT2D eigenvalue weighted by Crippen LogP contribution is 2.33. The van der Waals surface area contributed by atoms with E-state index in [4.69, 9.17) is 10.00 Å². The van der Waals surface area contributed by atoms with Gasteiger partial charge in [0.1, 0.15) is 11.9 Å². The fourth-order valence-corrected chi connectivity index (χ4v) is 3.86. The number of phenolic OH excluding ortho intramolecular Hbond substituents is 1. The van der Waals surface area contributed by atoms with Crippen LogP contribution in [0.3, 0.4) is 0 Å². The average molecular weight is 490 g/mol. The van der Waals surface area contributed by atoms with Gasteiger partial charge in [-0.2, -0.15) is 10.5 Å². The minimum absolute atomic E-state index is 0.0462. The summed E-state index contributed by atoms with van der Waals surface area (Å²) in [7, 11) is 0. The van der Waals surface area contributed by atoms with Crippen LogP contribution in [0.25, 0.3) is 11.1 Å². The molecule has 184 valence electrons. The number of hydrogen-bond donors (Lipinski definition) is 3. The van der Waals surface area contributed by atoms with Crippen molar-refractivity contribution in [3.63, 3.8) is 0 Å². The van der Waals surface area contributed by atoms with Gasteiger partial charge in [-0.15, -0.1) is 0 Å². The molecular formula is C30H27N5O2. The van der Waals surface area contributed by atoms with Crippen molar-refractivity contribution in [1.82, 2.24) is 10.3 Å². The van der Waals surface area contributed by atoms with E-state index < -0.39 is 0 Å². The summed E-state index contributed by atoms with van der Waals surface area (Å²) in [5.74, 6) is 0.591. The number of nitrogens with zero attached hydrogens (tertiary/aromatic N) is 3. The molecule has 0 saturated carbocycles. The molecule has 1 aliphatic heterocycles. The zero-order chi connectivity index (χ0) is 25.9. The zero-order valence-corrected chi connectivity index (χ0v) is 20.3. The molecule has 7 nitrogen and oxygen atoms in total. The third-order valence-corrected chi connectivity index (χ3v) is 5.80. The second kappa shape index (κ2) is 12.7. The quantitative estimate of drug-likeness (QED) is 0.330. The summed E-state index contributed by atoms with van der Waals surface area (Å²) in [5, 5.41) is 34.5. The van der Waals surface area contributed by atoms with E-state index >= 15 is 0 Å². The summed E-state index contributed by atoms with van der Waals surface area (Å²) in [5.41, 5.74) is 4.52. The standard InChI is InChI=1S/C24H21N5O2.C6H6/c25-11-17-3-1-16(2-4-17)7-8-27-14-21-15-28-23-10-19(13-29-24(23)31-21)22-6-5-20(30)9-18(22)12-26;1-2-4-6-5-3-1/h1-6,9-10,13,21,27-28,30H,7-8,14-15H2;1-6H/t21-;/m1./s1. The van der Waals surface area contributed by atoms with Gasteiger partial charge in [0, 0.05) is 23.9 Å². The fourth-order valence-electron chi connectivity index (χ4n) is 3.86. The van der Waals surface area contributed by atoms with Gasteiger partial charge in [0.2, 0.25) is 5.88 Å². The van der Waals surface area contributed by atoms with E-state index in [1.807, 2.05) is 66.7 Å². The molecule has 0 fully saturated rings. The van der Waals surface area contributed by atoms with Crippen molar-refractivity contribution >= 4 is 5.69 Å². The number of nitriles is 2. The first-order valence-corrected chi connectivity index (χ1v) is 12.0. The molecule has 1 aliphatic rings. The fraction of sp³-hybridized carbons (Fsp3) is 0.167. The van der Waals surface area contributed by atoms with Crippen LogP contribution in [-0.4, -0.2) is 35.8 Å². The normalized spacial score (nSPS) is 13.4. The van der Waals surface area contributed by atoms with Crippen LogP contribution in [0.5, 0.6) is 11.6 Å². The van der Waals surface area contributed by atoms with Gasteiger partial charge in [-0.1, -0.05) is 48.5 Å². The molecule has 0 spiro atoms. The number of rotatable bonds is 6. The van der Waals surface area contributed by atoms with E-state index in [-0.39, 0.29) is 11.9 Å². The van der Waals surface area contributed by atoms with Crippen molar-refractivity contribution in [1.29, 1.82) is 10.5 Å². The summed E-state index contributed by atoms with van der Waals surface area (Å²) in [6.45, 7) is 2.13. The highest BCUT2D eigenvalue weighted by Gasteiger charge is 2.21. The Kier molecular flexibility index (Phi) is 8.69. The molecule has 0 bridgehead atoms. The predicted octanol–water partition coefficient (Wildman–Crippen LogP) is 4.89. The van der Waals surface area contributed by atoms with Crippen LogP contribution in [0.4, 0.5) is 5.69 Å². The monoisotopic (exact) mass is 489 g/mol. The Labute approximate surface area is 216 Å². The lowest BCUT2D eigenvalue weighted by molar-refractivity contribution is 0.194. The molecule has 4 aromatic rings. The lowest BCUT2D eigenvalue weighted by atomic mass is 10.0. The average Bonchev–Trinajstić information content (AvgIpc) is 2.96. The number of aromatic hydroxyl groups is 1. The molecule has 7 heteroatoms. The Morgan fingerprint density at radius 1 is 0.973 bits per heavy atom. The maximum atomic E-state index is 9.59. The zero-order valence-electron chi connectivity index (χ0n) is 20.3. The van der Waals surface area contributed by atoms with Crippen molar-refractivity contribution in [3.8, 4) is 34.9 Å². The Bertz CT molecular complexity index is 1370. The SMILES string of the molecule is N#Cc1ccc(CCNC[C@@H]2CNc3cc(-c4ccc(O)cc4C#N)cnc3O2)cc1.c1ccccc1. The molecule has 1 aromatic heterocycles. The van der Waals surface area contributed by atoms with Crippen LogP contribution >= 0.6 is 0 Å². The van der Waals surface area contributed by atoms with Crippen LogP contribution < -0.4 is 15.4 Å². The van der Waals surface area contributed by atoms with Crippen molar-refractivity contribution < 1.29 is 9.84 Å². The Morgan fingerprint density at radius 3 is 2.38 bits per heavy atom. The van der Waals surface area contributed by atoms with Crippen LogP contribution in [0, 0.1) is 22.7 Å². The van der Waals surface area contributed by atoms with Crippen molar-refractivity contribution in [3.05, 3.63) is 108 Å². The second-order valence-electron chi connectivity index (χ2n) is 8.46. The maximum absolute atomic E-state index is 9.59. The minimum Gasteiger partial charge on any atom is -0.508 e. The van der Waals surface area contributed by atoms with Gasteiger partial charge in [0.05, 0.1) is 35.5 Å². The molecule has 3 aromatic carbocycles. The predicted molar refractivity (Wildman–Crippen MR) is 143 cm³/mol. The van der Waals surface area contributed by atoms with Gasteiger partial charge in [-0.05, 0) is 54.9 Å². The van der Waals surface area contributed by atoms with Crippen LogP contribution in [0.15, 0.2) is 91.1 Å². The van der Waals surface area contributed by atoms with Crippen LogP contribution in [0.2, 0.25) is 0 Å².